The van der Waals surface area contributed by atoms with Crippen LogP contribution in [0.25, 0.3) is 11.3 Å². The summed E-state index contributed by atoms with van der Waals surface area (Å²) in [6.45, 7) is 0. The minimum Gasteiger partial charge on any atom is -0.451 e. The molecule has 3 N–H and O–H groups in total. The van der Waals surface area contributed by atoms with Crippen LogP contribution in [0.3, 0.4) is 0 Å². The Bertz CT molecular complexity index is 596. The first-order chi connectivity index (χ1) is 8.26. The number of hydrogen-bond donors (Lipinski definition) is 2. The van der Waals surface area contributed by atoms with E-state index in [1.807, 2.05) is 5.43 Å². The lowest BCUT2D eigenvalue weighted by atomic mass is 10.1. The van der Waals surface area contributed by atoms with Crippen LogP contribution in [-0.4, -0.2) is 5.91 Å². The van der Waals surface area contributed by atoms with Crippen LogP contribution >= 0.6 is 0 Å². The highest BCUT2D eigenvalue weighted by Gasteiger charge is 2.12. The van der Waals surface area contributed by atoms with Crippen LogP contribution in [0.2, 0.25) is 0 Å². The number of nitrogens with one attached hydrogen (secondary N) is 1. The van der Waals surface area contributed by atoms with Gasteiger partial charge in [0.25, 0.3) is 0 Å². The van der Waals surface area contributed by atoms with Gasteiger partial charge in [-0.25, -0.2) is 5.84 Å². The molecule has 0 bridgehead atoms. The maximum atomic E-state index is 11.2. The Hall–Kier alpha value is -2.58. The van der Waals surface area contributed by atoms with Gasteiger partial charge in [-0.1, -0.05) is 12.1 Å². The van der Waals surface area contributed by atoms with E-state index in [0.29, 0.717) is 16.9 Å². The molecule has 0 spiro atoms. The summed E-state index contributed by atoms with van der Waals surface area (Å²) in [6.07, 6.45) is 0. The van der Waals surface area contributed by atoms with Crippen molar-refractivity contribution in [1.82, 2.24) is 5.43 Å². The summed E-state index contributed by atoms with van der Waals surface area (Å²) in [7, 11) is 0. The van der Waals surface area contributed by atoms with E-state index in [-0.39, 0.29) is 5.76 Å². The van der Waals surface area contributed by atoms with Gasteiger partial charge < -0.3 is 4.42 Å². The van der Waals surface area contributed by atoms with E-state index < -0.39 is 5.91 Å². The maximum Gasteiger partial charge on any atom is 0.300 e. The highest BCUT2D eigenvalue weighted by molar-refractivity contribution is 5.91. The number of carbonyl (C=O) groups excluding carboxylic acids is 1. The minimum absolute atomic E-state index is 0.107. The van der Waals surface area contributed by atoms with E-state index in [1.165, 1.54) is 6.07 Å². The molecule has 0 unspecified atom stereocenters. The molecule has 84 valence electrons. The number of amides is 1. The Morgan fingerprint density at radius 3 is 2.76 bits per heavy atom. The topological polar surface area (TPSA) is 92.0 Å². The average Bonchev–Trinajstić information content (AvgIpc) is 2.87. The van der Waals surface area contributed by atoms with Crippen molar-refractivity contribution in [2.45, 2.75) is 0 Å². The first-order valence-corrected chi connectivity index (χ1v) is 4.86. The van der Waals surface area contributed by atoms with Crippen molar-refractivity contribution < 1.29 is 9.21 Å². The van der Waals surface area contributed by atoms with Crippen molar-refractivity contribution in [3.05, 3.63) is 47.7 Å². The maximum absolute atomic E-state index is 11.2. The van der Waals surface area contributed by atoms with Gasteiger partial charge >= 0.3 is 5.91 Å². The summed E-state index contributed by atoms with van der Waals surface area (Å²) in [5.41, 5.74) is 3.11. The van der Waals surface area contributed by atoms with E-state index in [9.17, 15) is 4.79 Å². The molecule has 1 heterocycles. The number of hydrazine groups is 1. The van der Waals surface area contributed by atoms with Gasteiger partial charge in [0.2, 0.25) is 0 Å². The Morgan fingerprint density at radius 2 is 2.06 bits per heavy atom. The number of benzene rings is 1. The molecule has 17 heavy (non-hydrogen) atoms. The Morgan fingerprint density at radius 1 is 1.29 bits per heavy atom. The highest BCUT2D eigenvalue weighted by Crippen LogP contribution is 2.25. The third-order valence-electron chi connectivity index (χ3n) is 2.27. The highest BCUT2D eigenvalue weighted by atomic mass is 16.4. The molecule has 0 saturated heterocycles. The van der Waals surface area contributed by atoms with Gasteiger partial charge in [0.05, 0.1) is 11.6 Å². The molecule has 1 amide bonds. The predicted molar refractivity (Wildman–Crippen MR) is 60.5 cm³/mol. The minimum atomic E-state index is -0.509. The fourth-order valence-corrected chi connectivity index (χ4v) is 1.47. The molecule has 5 heteroatoms. The Labute approximate surface area is 97.4 Å². The van der Waals surface area contributed by atoms with Gasteiger partial charge in [-0.15, -0.1) is 0 Å². The molecule has 0 aliphatic heterocycles. The number of nitrogens with two attached hydrogens (primary N) is 1. The van der Waals surface area contributed by atoms with Gasteiger partial charge in [0.1, 0.15) is 5.76 Å². The molecule has 1 aromatic heterocycles. The zero-order chi connectivity index (χ0) is 12.3. The monoisotopic (exact) mass is 227 g/mol. The largest absolute Gasteiger partial charge is 0.451 e. The number of hydrogen-bond acceptors (Lipinski definition) is 4. The number of nitrogen functional groups attached to an aromatic ring is 1. The van der Waals surface area contributed by atoms with Crippen molar-refractivity contribution >= 4 is 5.91 Å². The number of nitrogens with zero attached hydrogens (tertiary/aromatic N) is 1. The van der Waals surface area contributed by atoms with E-state index >= 15 is 0 Å². The molecule has 0 aliphatic rings. The van der Waals surface area contributed by atoms with Gasteiger partial charge in [-0.2, -0.15) is 5.26 Å². The second-order valence-corrected chi connectivity index (χ2v) is 3.29. The van der Waals surface area contributed by atoms with Crippen LogP contribution in [0.15, 0.2) is 40.8 Å². The normalized spacial score (nSPS) is 9.65. The van der Waals surface area contributed by atoms with Crippen LogP contribution in [0.5, 0.6) is 0 Å². The van der Waals surface area contributed by atoms with E-state index in [2.05, 4.69) is 6.07 Å². The molecule has 5 nitrogen and oxygen atoms in total. The summed E-state index contributed by atoms with van der Waals surface area (Å²) in [4.78, 5) is 11.2. The van der Waals surface area contributed by atoms with Crippen molar-refractivity contribution in [3.63, 3.8) is 0 Å². The summed E-state index contributed by atoms with van der Waals surface area (Å²) in [5, 5.41) is 8.95. The van der Waals surface area contributed by atoms with Crippen LogP contribution in [0, 0.1) is 11.3 Å². The number of rotatable bonds is 2. The fraction of sp³-hybridized carbons (Fsp3) is 0. The van der Waals surface area contributed by atoms with Gasteiger partial charge in [0, 0.05) is 5.56 Å². The first-order valence-electron chi connectivity index (χ1n) is 4.86. The molecule has 0 radical (unpaired) electrons. The SMILES string of the molecule is N#Cc1ccccc1-c1ccc(C(=O)NN)o1. The molecule has 0 saturated carbocycles. The second kappa shape index (κ2) is 4.51. The number of furan rings is 1. The summed E-state index contributed by atoms with van der Waals surface area (Å²) >= 11 is 0. The molecule has 0 atom stereocenters. The fourth-order valence-electron chi connectivity index (χ4n) is 1.47. The lowest BCUT2D eigenvalue weighted by molar-refractivity contribution is 0.0927. The van der Waals surface area contributed by atoms with Crippen LogP contribution in [0.1, 0.15) is 16.1 Å². The van der Waals surface area contributed by atoms with Crippen LogP contribution in [-0.2, 0) is 0 Å². The smallest absolute Gasteiger partial charge is 0.300 e. The summed E-state index contributed by atoms with van der Waals surface area (Å²) in [6, 6.07) is 12.2. The number of nitriles is 1. The van der Waals surface area contributed by atoms with Crippen LogP contribution < -0.4 is 11.3 Å². The molecule has 1 aromatic carbocycles. The van der Waals surface area contributed by atoms with E-state index in [1.54, 1.807) is 30.3 Å². The van der Waals surface area contributed by atoms with Crippen LogP contribution in [0.4, 0.5) is 0 Å². The Kier molecular flexibility index (Phi) is 2.90. The van der Waals surface area contributed by atoms with E-state index in [4.69, 9.17) is 15.5 Å². The molecular weight excluding hydrogens is 218 g/mol. The lowest BCUT2D eigenvalue weighted by Gasteiger charge is -1.99. The Balaban J connectivity index is 2.44. The molecular formula is C12H9N3O2. The summed E-state index contributed by atoms with van der Waals surface area (Å²) < 4.78 is 5.32. The zero-order valence-corrected chi connectivity index (χ0v) is 8.81. The molecule has 2 rings (SSSR count). The standard InChI is InChI=1S/C12H9N3O2/c13-7-8-3-1-2-4-9(8)10-5-6-11(17-10)12(16)15-14/h1-6H,14H2,(H,15,16). The molecule has 2 aromatic rings. The number of carbonyl (C=O) groups is 1. The van der Waals surface area contributed by atoms with Gasteiger partial charge in [0.15, 0.2) is 5.76 Å². The zero-order valence-electron chi connectivity index (χ0n) is 8.81. The van der Waals surface area contributed by atoms with E-state index in [0.717, 1.165) is 0 Å². The van der Waals surface area contributed by atoms with Crippen molar-refractivity contribution in [2.75, 3.05) is 0 Å². The summed E-state index contributed by atoms with van der Waals surface area (Å²) in [5.74, 6) is 5.05. The van der Waals surface area contributed by atoms with Crippen molar-refractivity contribution in [1.29, 1.82) is 5.26 Å². The molecule has 0 fully saturated rings. The lowest BCUT2D eigenvalue weighted by Crippen LogP contribution is -2.29. The van der Waals surface area contributed by atoms with Crippen molar-refractivity contribution in [3.8, 4) is 17.4 Å². The third-order valence-corrected chi connectivity index (χ3v) is 2.27. The average molecular weight is 227 g/mol. The third kappa shape index (κ3) is 2.02. The van der Waals surface area contributed by atoms with Gasteiger partial charge in [-0.05, 0) is 24.3 Å². The quantitative estimate of drug-likeness (QED) is 0.461. The van der Waals surface area contributed by atoms with Crippen molar-refractivity contribution in [2.24, 2.45) is 5.84 Å². The predicted octanol–water partition coefficient (Wildman–Crippen LogP) is 1.42. The first kappa shape index (κ1) is 10.9. The van der Waals surface area contributed by atoms with Gasteiger partial charge in [-0.3, -0.25) is 10.2 Å². The second-order valence-electron chi connectivity index (χ2n) is 3.29. The molecule has 0 aliphatic carbocycles.